The average Bonchev–Trinajstić information content (AvgIpc) is 3.68. The van der Waals surface area contributed by atoms with Gasteiger partial charge < -0.3 is 15.4 Å². The highest BCUT2D eigenvalue weighted by molar-refractivity contribution is 5.69. The number of fused-ring (bicyclic) bond motifs is 1. The number of aromatic nitrogens is 3. The van der Waals surface area contributed by atoms with E-state index < -0.39 is 0 Å². The third-order valence-corrected chi connectivity index (χ3v) is 5.64. The third kappa shape index (κ3) is 4.65. The van der Waals surface area contributed by atoms with E-state index in [4.69, 9.17) is 10.00 Å². The minimum atomic E-state index is 0.0213. The van der Waals surface area contributed by atoms with Gasteiger partial charge in [-0.2, -0.15) is 5.26 Å². The van der Waals surface area contributed by atoms with Crippen LogP contribution in [0.25, 0.3) is 11.1 Å². The minimum absolute atomic E-state index is 0.0213. The second-order valence-electron chi connectivity index (χ2n) is 8.06. The van der Waals surface area contributed by atoms with Crippen LogP contribution in [0.4, 0.5) is 5.69 Å². The Balaban J connectivity index is 1.13. The molecule has 0 spiro atoms. The molecule has 7 nitrogen and oxygen atoms in total. The quantitative estimate of drug-likeness (QED) is 0.575. The molecule has 156 valence electrons. The van der Waals surface area contributed by atoms with Gasteiger partial charge >= 0.3 is 0 Å². The van der Waals surface area contributed by atoms with Crippen molar-refractivity contribution >= 4 is 5.69 Å². The molecule has 3 aromatic rings. The van der Waals surface area contributed by atoms with Crippen LogP contribution in [0.3, 0.4) is 0 Å². The van der Waals surface area contributed by atoms with Crippen LogP contribution in [0, 0.1) is 11.3 Å². The summed E-state index contributed by atoms with van der Waals surface area (Å²) in [6.07, 6.45) is 8.91. The maximum atomic E-state index is 8.87. The number of nitrogens with one attached hydrogen (secondary N) is 2. The summed E-state index contributed by atoms with van der Waals surface area (Å²) >= 11 is 0. The van der Waals surface area contributed by atoms with Gasteiger partial charge in [-0.1, -0.05) is 12.1 Å². The molecular formula is C24H24N6O. The molecule has 1 saturated carbocycles. The van der Waals surface area contributed by atoms with Gasteiger partial charge in [0.05, 0.1) is 23.9 Å². The van der Waals surface area contributed by atoms with E-state index in [0.717, 1.165) is 48.7 Å². The molecule has 2 aromatic heterocycles. The second-order valence-corrected chi connectivity index (χ2v) is 8.06. The van der Waals surface area contributed by atoms with Crippen molar-refractivity contribution < 1.29 is 4.74 Å². The fourth-order valence-corrected chi connectivity index (χ4v) is 3.65. The zero-order valence-corrected chi connectivity index (χ0v) is 17.2. The molecule has 1 aromatic carbocycles. The summed E-state index contributed by atoms with van der Waals surface area (Å²) in [7, 11) is 0. The molecule has 31 heavy (non-hydrogen) atoms. The summed E-state index contributed by atoms with van der Waals surface area (Å²) in [4.78, 5) is 13.5. The van der Waals surface area contributed by atoms with Crippen LogP contribution in [-0.2, 0) is 6.42 Å². The van der Waals surface area contributed by atoms with Crippen LogP contribution >= 0.6 is 0 Å². The van der Waals surface area contributed by atoms with E-state index in [-0.39, 0.29) is 6.10 Å². The normalized spacial score (nSPS) is 17.2. The lowest BCUT2D eigenvalue weighted by molar-refractivity contribution is 0.194. The van der Waals surface area contributed by atoms with E-state index in [2.05, 4.69) is 31.7 Å². The van der Waals surface area contributed by atoms with Crippen molar-refractivity contribution in [1.82, 2.24) is 20.3 Å². The van der Waals surface area contributed by atoms with Crippen LogP contribution in [-0.4, -0.2) is 40.7 Å². The number of anilines is 1. The summed E-state index contributed by atoms with van der Waals surface area (Å²) in [5.41, 5.74) is 4.75. The lowest BCUT2D eigenvalue weighted by atomic mass is 10.1. The molecule has 0 amide bonds. The second kappa shape index (κ2) is 8.70. The minimum Gasteiger partial charge on any atom is -0.470 e. The van der Waals surface area contributed by atoms with Crippen molar-refractivity contribution in [3.63, 3.8) is 0 Å². The number of rotatable bonds is 7. The molecule has 1 aliphatic heterocycles. The van der Waals surface area contributed by atoms with Crippen LogP contribution in [0.1, 0.15) is 35.7 Å². The highest BCUT2D eigenvalue weighted by atomic mass is 16.5. The zero-order chi connectivity index (χ0) is 21.0. The molecular weight excluding hydrogens is 388 g/mol. The van der Waals surface area contributed by atoms with Gasteiger partial charge in [0.2, 0.25) is 5.88 Å². The largest absolute Gasteiger partial charge is 0.470 e. The predicted molar refractivity (Wildman–Crippen MR) is 118 cm³/mol. The lowest BCUT2D eigenvalue weighted by Gasteiger charge is -2.27. The molecule has 2 N–H and O–H groups in total. The number of hydrogen-bond acceptors (Lipinski definition) is 7. The van der Waals surface area contributed by atoms with Crippen LogP contribution in [0.15, 0.2) is 48.9 Å². The van der Waals surface area contributed by atoms with E-state index in [1.165, 1.54) is 18.4 Å². The molecule has 1 fully saturated rings. The standard InChI is InChI=1S/C24H24N6O/c25-10-17-3-1-16(2-4-17)7-8-26-14-21-15-27-22-9-19(11-30-24(22)31-21)20-12-28-23(29-13-20)18-5-6-18/h1-4,9,11-13,18,21,26-27H,5-8,14-15H2/t21-/m1/s1. The van der Waals surface area contributed by atoms with Crippen LogP contribution in [0.2, 0.25) is 0 Å². The Labute approximate surface area is 181 Å². The number of ether oxygens (including phenoxy) is 1. The van der Waals surface area contributed by atoms with E-state index in [1.54, 1.807) is 0 Å². The fraction of sp³-hybridized carbons (Fsp3) is 0.333. The molecule has 2 aliphatic rings. The van der Waals surface area contributed by atoms with Crippen LogP contribution < -0.4 is 15.4 Å². The summed E-state index contributed by atoms with van der Waals surface area (Å²) in [6.45, 7) is 2.31. The fourth-order valence-electron chi connectivity index (χ4n) is 3.65. The first-order valence-electron chi connectivity index (χ1n) is 10.7. The number of nitrogens with zero attached hydrogens (tertiary/aromatic N) is 4. The smallest absolute Gasteiger partial charge is 0.237 e. The van der Waals surface area contributed by atoms with Gasteiger partial charge in [-0.25, -0.2) is 15.0 Å². The summed E-state index contributed by atoms with van der Waals surface area (Å²) in [5, 5.41) is 15.7. The van der Waals surface area contributed by atoms with Crippen molar-refractivity contribution in [3.05, 3.63) is 65.9 Å². The number of benzene rings is 1. The molecule has 1 aliphatic carbocycles. The van der Waals surface area contributed by atoms with E-state index >= 15 is 0 Å². The zero-order valence-electron chi connectivity index (χ0n) is 17.2. The number of hydrogen-bond donors (Lipinski definition) is 2. The molecule has 0 saturated heterocycles. The Morgan fingerprint density at radius 1 is 1.06 bits per heavy atom. The lowest BCUT2D eigenvalue weighted by Crippen LogP contribution is -2.40. The van der Waals surface area contributed by atoms with Crippen molar-refractivity contribution in [2.24, 2.45) is 0 Å². The Kier molecular flexibility index (Phi) is 5.46. The predicted octanol–water partition coefficient (Wildman–Crippen LogP) is 3.29. The molecule has 7 heteroatoms. The van der Waals surface area contributed by atoms with Gasteiger partial charge in [0.15, 0.2) is 0 Å². The Morgan fingerprint density at radius 2 is 1.84 bits per heavy atom. The maximum Gasteiger partial charge on any atom is 0.237 e. The summed E-state index contributed by atoms with van der Waals surface area (Å²) in [5.74, 6) is 2.13. The van der Waals surface area contributed by atoms with E-state index in [0.29, 0.717) is 17.4 Å². The van der Waals surface area contributed by atoms with Gasteiger partial charge in [-0.05, 0) is 49.6 Å². The number of nitriles is 1. The summed E-state index contributed by atoms with van der Waals surface area (Å²) < 4.78 is 6.06. The van der Waals surface area contributed by atoms with Crippen molar-refractivity contribution in [1.29, 1.82) is 5.26 Å². The van der Waals surface area contributed by atoms with Crippen LogP contribution in [0.5, 0.6) is 5.88 Å². The maximum absolute atomic E-state index is 8.87. The third-order valence-electron chi connectivity index (χ3n) is 5.64. The molecule has 0 radical (unpaired) electrons. The average molecular weight is 412 g/mol. The van der Waals surface area contributed by atoms with Gasteiger partial charge in [0.25, 0.3) is 0 Å². The van der Waals surface area contributed by atoms with Crippen molar-refractivity contribution in [2.45, 2.75) is 31.3 Å². The molecule has 5 rings (SSSR count). The Hall–Kier alpha value is -3.50. The number of pyridine rings is 1. The van der Waals surface area contributed by atoms with Crippen molar-refractivity contribution in [2.75, 3.05) is 25.0 Å². The van der Waals surface area contributed by atoms with Gasteiger partial charge in [-0.15, -0.1) is 0 Å². The monoisotopic (exact) mass is 412 g/mol. The van der Waals surface area contributed by atoms with Crippen molar-refractivity contribution in [3.8, 4) is 23.1 Å². The molecule has 1 atom stereocenters. The first kappa shape index (κ1) is 19.5. The van der Waals surface area contributed by atoms with Gasteiger partial charge in [0.1, 0.15) is 11.9 Å². The first-order chi connectivity index (χ1) is 15.3. The molecule has 0 bridgehead atoms. The topological polar surface area (TPSA) is 95.8 Å². The van der Waals surface area contributed by atoms with Gasteiger partial charge in [0, 0.05) is 42.2 Å². The SMILES string of the molecule is N#Cc1ccc(CCNC[C@@H]2CNc3cc(-c4cnc(C5CC5)nc4)cnc3O2)cc1. The first-order valence-corrected chi connectivity index (χ1v) is 10.7. The van der Waals surface area contributed by atoms with Gasteiger partial charge in [-0.3, -0.25) is 0 Å². The highest BCUT2D eigenvalue weighted by Gasteiger charge is 2.26. The van der Waals surface area contributed by atoms with E-state index in [1.807, 2.05) is 48.9 Å². The Bertz CT molecular complexity index is 1090. The Morgan fingerprint density at radius 3 is 2.58 bits per heavy atom. The summed E-state index contributed by atoms with van der Waals surface area (Å²) in [6, 6.07) is 11.9. The van der Waals surface area contributed by atoms with E-state index in [9.17, 15) is 0 Å². The highest BCUT2D eigenvalue weighted by Crippen LogP contribution is 2.38. The molecule has 0 unspecified atom stereocenters. The molecule has 3 heterocycles.